The average Bonchev–Trinajstić information content (AvgIpc) is 2.90. The first-order valence-electron chi connectivity index (χ1n) is 6.59. The van der Waals surface area contributed by atoms with Crippen molar-refractivity contribution in [1.82, 2.24) is 5.32 Å². The first-order valence-corrected chi connectivity index (χ1v) is 7.47. The zero-order valence-corrected chi connectivity index (χ0v) is 11.8. The summed E-state index contributed by atoms with van der Waals surface area (Å²) in [6, 6.07) is 4.82. The highest BCUT2D eigenvalue weighted by atomic mass is 32.1. The molecule has 1 aliphatic rings. The maximum Gasteiger partial charge on any atom is 0.0704 e. The predicted octanol–water partition coefficient (Wildman–Crippen LogP) is 3.60. The first kappa shape index (κ1) is 13.1. The van der Waals surface area contributed by atoms with Crippen LogP contribution in [0.25, 0.3) is 0 Å². The van der Waals surface area contributed by atoms with Crippen molar-refractivity contribution >= 4 is 11.3 Å². The molecular weight excluding hydrogens is 230 g/mol. The fourth-order valence-corrected chi connectivity index (χ4v) is 3.40. The van der Waals surface area contributed by atoms with Gasteiger partial charge in [0, 0.05) is 17.5 Å². The predicted molar refractivity (Wildman–Crippen MR) is 73.5 cm³/mol. The van der Waals surface area contributed by atoms with Crippen LogP contribution in [0.15, 0.2) is 17.5 Å². The molecule has 0 aromatic carbocycles. The van der Waals surface area contributed by atoms with Gasteiger partial charge in [0.05, 0.1) is 12.2 Å². The van der Waals surface area contributed by atoms with E-state index in [0.717, 1.165) is 6.54 Å². The summed E-state index contributed by atoms with van der Waals surface area (Å²) in [5, 5.41) is 5.82. The number of nitrogens with one attached hydrogen (secondary N) is 1. The third kappa shape index (κ3) is 3.54. The van der Waals surface area contributed by atoms with Crippen LogP contribution in [0.3, 0.4) is 0 Å². The van der Waals surface area contributed by atoms with Crippen LogP contribution in [-0.4, -0.2) is 18.8 Å². The Kier molecular flexibility index (Phi) is 4.60. The molecule has 96 valence electrons. The van der Waals surface area contributed by atoms with E-state index in [2.05, 4.69) is 43.6 Å². The Bertz CT molecular complexity index is 323. The van der Waals surface area contributed by atoms with Gasteiger partial charge in [0.1, 0.15) is 0 Å². The summed E-state index contributed by atoms with van der Waals surface area (Å²) in [4.78, 5) is 1.44. The van der Waals surface area contributed by atoms with Crippen LogP contribution in [-0.2, 0) is 4.74 Å². The van der Waals surface area contributed by atoms with Gasteiger partial charge in [-0.05, 0) is 37.1 Å². The Morgan fingerprint density at radius 1 is 1.47 bits per heavy atom. The lowest BCUT2D eigenvalue weighted by molar-refractivity contribution is 0.0534. The minimum atomic E-state index is 0.409. The van der Waals surface area contributed by atoms with Gasteiger partial charge in [-0.25, -0.2) is 0 Å². The smallest absolute Gasteiger partial charge is 0.0704 e. The number of hydrogen-bond donors (Lipinski definition) is 1. The maximum atomic E-state index is 5.85. The Morgan fingerprint density at radius 3 is 2.82 bits per heavy atom. The normalized spacial score (nSPS) is 26.6. The minimum absolute atomic E-state index is 0.409. The van der Waals surface area contributed by atoms with Crippen LogP contribution in [0, 0.1) is 5.92 Å². The van der Waals surface area contributed by atoms with Gasteiger partial charge in [0.15, 0.2) is 0 Å². The Morgan fingerprint density at radius 2 is 2.29 bits per heavy atom. The molecule has 0 bridgehead atoms. The molecule has 0 spiro atoms. The molecule has 0 aliphatic carbocycles. The van der Waals surface area contributed by atoms with Gasteiger partial charge in [-0.3, -0.25) is 0 Å². The maximum absolute atomic E-state index is 5.85. The molecule has 1 saturated heterocycles. The molecule has 3 heteroatoms. The summed E-state index contributed by atoms with van der Waals surface area (Å²) in [5.41, 5.74) is 0. The molecule has 17 heavy (non-hydrogen) atoms. The number of rotatable bonds is 5. The molecule has 1 aromatic rings. The summed E-state index contributed by atoms with van der Waals surface area (Å²) in [6.45, 7) is 7.69. The van der Waals surface area contributed by atoms with E-state index < -0.39 is 0 Å². The van der Waals surface area contributed by atoms with E-state index in [9.17, 15) is 0 Å². The molecule has 3 unspecified atom stereocenters. The second kappa shape index (κ2) is 5.98. The topological polar surface area (TPSA) is 21.3 Å². The molecule has 0 saturated carbocycles. The van der Waals surface area contributed by atoms with E-state index in [4.69, 9.17) is 4.74 Å². The van der Waals surface area contributed by atoms with E-state index in [1.54, 1.807) is 0 Å². The van der Waals surface area contributed by atoms with Gasteiger partial charge in [0.2, 0.25) is 0 Å². The van der Waals surface area contributed by atoms with Crippen molar-refractivity contribution in [2.24, 2.45) is 5.92 Å². The van der Waals surface area contributed by atoms with Gasteiger partial charge in [0.25, 0.3) is 0 Å². The standard InChI is InChI=1S/C14H23NOS/c1-10(2)14(13-5-4-8-17-13)15-9-12-7-6-11(3)16-12/h4-5,8,10-12,14-15H,6-7,9H2,1-3H3. The van der Waals surface area contributed by atoms with Crippen molar-refractivity contribution in [3.8, 4) is 0 Å². The minimum Gasteiger partial charge on any atom is -0.374 e. The third-order valence-electron chi connectivity index (χ3n) is 3.40. The van der Waals surface area contributed by atoms with Crippen molar-refractivity contribution in [3.63, 3.8) is 0 Å². The fraction of sp³-hybridized carbons (Fsp3) is 0.714. The molecule has 1 N–H and O–H groups in total. The molecule has 1 aromatic heterocycles. The molecule has 1 fully saturated rings. The highest BCUT2D eigenvalue weighted by Crippen LogP contribution is 2.26. The lowest BCUT2D eigenvalue weighted by atomic mass is 10.0. The number of ether oxygens (including phenoxy) is 1. The Labute approximate surface area is 108 Å². The Balaban J connectivity index is 1.86. The first-order chi connectivity index (χ1) is 8.16. The number of thiophene rings is 1. The second-order valence-electron chi connectivity index (χ2n) is 5.29. The van der Waals surface area contributed by atoms with E-state index in [-0.39, 0.29) is 0 Å². The lowest BCUT2D eigenvalue weighted by Crippen LogP contribution is -2.32. The highest BCUT2D eigenvalue weighted by molar-refractivity contribution is 7.10. The molecule has 0 amide bonds. The van der Waals surface area contributed by atoms with E-state index in [1.165, 1.54) is 17.7 Å². The van der Waals surface area contributed by atoms with Gasteiger partial charge in [-0.1, -0.05) is 19.9 Å². The average molecular weight is 253 g/mol. The van der Waals surface area contributed by atoms with Crippen molar-refractivity contribution in [3.05, 3.63) is 22.4 Å². The summed E-state index contributed by atoms with van der Waals surface area (Å²) in [7, 11) is 0. The van der Waals surface area contributed by atoms with E-state index in [0.29, 0.717) is 24.2 Å². The lowest BCUT2D eigenvalue weighted by Gasteiger charge is -2.23. The summed E-state index contributed by atoms with van der Waals surface area (Å²) in [6.07, 6.45) is 3.26. The molecule has 2 heterocycles. The molecule has 2 rings (SSSR count). The zero-order chi connectivity index (χ0) is 12.3. The van der Waals surface area contributed by atoms with E-state index in [1.807, 2.05) is 11.3 Å². The van der Waals surface area contributed by atoms with Crippen molar-refractivity contribution in [1.29, 1.82) is 0 Å². The highest BCUT2D eigenvalue weighted by Gasteiger charge is 2.24. The van der Waals surface area contributed by atoms with Crippen molar-refractivity contribution in [2.75, 3.05) is 6.54 Å². The van der Waals surface area contributed by atoms with Gasteiger partial charge >= 0.3 is 0 Å². The van der Waals surface area contributed by atoms with Crippen molar-refractivity contribution < 1.29 is 4.74 Å². The fourth-order valence-electron chi connectivity index (χ4n) is 2.43. The Hall–Kier alpha value is -0.380. The summed E-state index contributed by atoms with van der Waals surface area (Å²) < 4.78 is 5.85. The second-order valence-corrected chi connectivity index (χ2v) is 6.27. The molecule has 0 radical (unpaired) electrons. The quantitative estimate of drug-likeness (QED) is 0.865. The third-order valence-corrected chi connectivity index (χ3v) is 4.36. The number of hydrogen-bond acceptors (Lipinski definition) is 3. The molecule has 1 aliphatic heterocycles. The van der Waals surface area contributed by atoms with Crippen LogP contribution in [0.5, 0.6) is 0 Å². The zero-order valence-electron chi connectivity index (χ0n) is 11.0. The largest absolute Gasteiger partial charge is 0.374 e. The molecule has 3 atom stereocenters. The van der Waals surface area contributed by atoms with Crippen LogP contribution < -0.4 is 5.32 Å². The van der Waals surface area contributed by atoms with Crippen LogP contribution in [0.2, 0.25) is 0 Å². The van der Waals surface area contributed by atoms with E-state index >= 15 is 0 Å². The summed E-state index contributed by atoms with van der Waals surface area (Å²) in [5.74, 6) is 0.618. The van der Waals surface area contributed by atoms with Crippen molar-refractivity contribution in [2.45, 2.75) is 51.9 Å². The SMILES string of the molecule is CC1CCC(CNC(c2cccs2)C(C)C)O1. The van der Waals surface area contributed by atoms with Crippen LogP contribution in [0.4, 0.5) is 0 Å². The van der Waals surface area contributed by atoms with Gasteiger partial charge in [-0.15, -0.1) is 11.3 Å². The summed E-state index contributed by atoms with van der Waals surface area (Å²) >= 11 is 1.84. The molecular formula is C14H23NOS. The van der Waals surface area contributed by atoms with Gasteiger partial charge in [-0.2, -0.15) is 0 Å². The van der Waals surface area contributed by atoms with Crippen LogP contribution in [0.1, 0.15) is 44.5 Å². The molecule has 2 nitrogen and oxygen atoms in total. The monoisotopic (exact) mass is 253 g/mol. The van der Waals surface area contributed by atoms with Crippen LogP contribution >= 0.6 is 11.3 Å². The van der Waals surface area contributed by atoms with Gasteiger partial charge < -0.3 is 10.1 Å².